The van der Waals surface area contributed by atoms with Crippen molar-refractivity contribution in [1.29, 1.82) is 0 Å². The number of methoxy groups -OCH3 is 1. The largest absolute Gasteiger partial charge is 0.495 e. The molecule has 122 valence electrons. The van der Waals surface area contributed by atoms with Crippen molar-refractivity contribution >= 4 is 17.0 Å². The average molecular weight is 324 g/mol. The number of aromatic nitrogens is 2. The van der Waals surface area contributed by atoms with Crippen molar-refractivity contribution < 1.29 is 13.9 Å². The Balaban J connectivity index is 2.04. The van der Waals surface area contributed by atoms with Crippen LogP contribution in [0, 0.1) is 0 Å². The molecule has 0 atom stereocenters. The molecule has 0 radical (unpaired) electrons. The fraction of sp³-hybridized carbons (Fsp3) is 0.222. The molecule has 0 spiro atoms. The molecule has 4 rings (SSSR count). The zero-order valence-corrected chi connectivity index (χ0v) is 13.6. The lowest BCUT2D eigenvalue weighted by Gasteiger charge is -2.28. The third-order valence-corrected chi connectivity index (χ3v) is 3.95. The van der Waals surface area contributed by atoms with E-state index in [0.29, 0.717) is 28.4 Å². The highest BCUT2D eigenvalue weighted by atomic mass is 16.5. The van der Waals surface area contributed by atoms with E-state index in [1.54, 1.807) is 29.4 Å². The first kappa shape index (κ1) is 14.6. The predicted molar refractivity (Wildman–Crippen MR) is 89.9 cm³/mol. The van der Waals surface area contributed by atoms with Crippen LogP contribution in [0.1, 0.15) is 19.4 Å². The maximum Gasteiger partial charge on any atom is 0.209 e. The summed E-state index contributed by atoms with van der Waals surface area (Å²) in [4.78, 5) is 16.6. The fourth-order valence-electron chi connectivity index (χ4n) is 2.84. The standard InChI is InChI=1S/C18H16N2O4/c1-18(2)5-4-11-13(24-18)9-14-16(17(11)22-3)12(21)8-15(23-14)20-7-6-19-10-20/h4-10H,1-3H3. The Bertz CT molecular complexity index is 1010. The van der Waals surface area contributed by atoms with Gasteiger partial charge in [0.15, 0.2) is 5.43 Å². The molecule has 3 heterocycles. The van der Waals surface area contributed by atoms with E-state index in [0.717, 1.165) is 5.56 Å². The third kappa shape index (κ3) is 2.19. The second-order valence-electron chi connectivity index (χ2n) is 6.15. The molecule has 1 aliphatic heterocycles. The number of rotatable bonds is 2. The molecule has 0 unspecified atom stereocenters. The molecule has 0 fully saturated rings. The number of imidazole rings is 1. The van der Waals surface area contributed by atoms with E-state index >= 15 is 0 Å². The number of fused-ring (bicyclic) bond motifs is 2. The van der Waals surface area contributed by atoms with Crippen LogP contribution in [0.2, 0.25) is 0 Å². The summed E-state index contributed by atoms with van der Waals surface area (Å²) in [5.74, 6) is 1.47. The first-order valence-corrected chi connectivity index (χ1v) is 7.54. The molecule has 2 aromatic heterocycles. The van der Waals surface area contributed by atoms with Crippen LogP contribution in [0.4, 0.5) is 0 Å². The Labute approximate surface area is 137 Å². The molecule has 0 saturated heterocycles. The Kier molecular flexibility index (Phi) is 3.03. The minimum atomic E-state index is -0.437. The summed E-state index contributed by atoms with van der Waals surface area (Å²) in [5.41, 5.74) is 0.534. The van der Waals surface area contributed by atoms with Gasteiger partial charge < -0.3 is 13.9 Å². The lowest BCUT2D eigenvalue weighted by molar-refractivity contribution is 0.158. The van der Waals surface area contributed by atoms with Crippen LogP contribution < -0.4 is 14.9 Å². The maximum absolute atomic E-state index is 12.6. The summed E-state index contributed by atoms with van der Waals surface area (Å²) in [6, 6.07) is 3.16. The topological polar surface area (TPSA) is 66.5 Å². The van der Waals surface area contributed by atoms with E-state index in [9.17, 15) is 4.79 Å². The van der Waals surface area contributed by atoms with Gasteiger partial charge in [-0.05, 0) is 26.0 Å². The minimum absolute atomic E-state index is 0.183. The van der Waals surface area contributed by atoms with Gasteiger partial charge in [0.2, 0.25) is 5.88 Å². The predicted octanol–water partition coefficient (Wildman–Crippen LogP) is 3.17. The van der Waals surface area contributed by atoms with Gasteiger partial charge >= 0.3 is 0 Å². The molecular weight excluding hydrogens is 308 g/mol. The van der Waals surface area contributed by atoms with Crippen molar-refractivity contribution in [3.05, 3.63) is 52.7 Å². The van der Waals surface area contributed by atoms with Crippen LogP contribution >= 0.6 is 0 Å². The van der Waals surface area contributed by atoms with Gasteiger partial charge in [-0.3, -0.25) is 9.36 Å². The number of benzene rings is 1. The molecule has 0 bridgehead atoms. The summed E-state index contributed by atoms with van der Waals surface area (Å²) >= 11 is 0. The molecule has 0 saturated carbocycles. The molecule has 1 aromatic carbocycles. The van der Waals surface area contributed by atoms with E-state index in [4.69, 9.17) is 13.9 Å². The molecule has 6 heteroatoms. The summed E-state index contributed by atoms with van der Waals surface area (Å²) < 4.78 is 19.0. The first-order valence-electron chi connectivity index (χ1n) is 7.54. The third-order valence-electron chi connectivity index (χ3n) is 3.95. The van der Waals surface area contributed by atoms with Crippen molar-refractivity contribution in [3.8, 4) is 17.4 Å². The molecule has 0 aliphatic carbocycles. The normalized spacial score (nSPS) is 15.1. The van der Waals surface area contributed by atoms with Crippen molar-refractivity contribution in [2.24, 2.45) is 0 Å². The van der Waals surface area contributed by atoms with Gasteiger partial charge in [-0.25, -0.2) is 4.98 Å². The Morgan fingerprint density at radius 3 is 2.83 bits per heavy atom. The number of hydrogen-bond acceptors (Lipinski definition) is 5. The van der Waals surface area contributed by atoms with Crippen LogP contribution in [-0.4, -0.2) is 22.3 Å². The smallest absolute Gasteiger partial charge is 0.209 e. The van der Waals surface area contributed by atoms with Crippen LogP contribution in [0.25, 0.3) is 22.9 Å². The first-order chi connectivity index (χ1) is 11.5. The molecule has 0 N–H and O–H groups in total. The van der Waals surface area contributed by atoms with Gasteiger partial charge in [-0.1, -0.05) is 0 Å². The van der Waals surface area contributed by atoms with Crippen molar-refractivity contribution in [2.75, 3.05) is 7.11 Å². The zero-order valence-electron chi connectivity index (χ0n) is 13.6. The Hall–Kier alpha value is -3.02. The van der Waals surface area contributed by atoms with Crippen LogP contribution in [0.5, 0.6) is 11.5 Å². The number of hydrogen-bond donors (Lipinski definition) is 0. The highest BCUT2D eigenvalue weighted by Crippen LogP contribution is 2.41. The van der Waals surface area contributed by atoms with Gasteiger partial charge in [-0.2, -0.15) is 0 Å². The van der Waals surface area contributed by atoms with Gasteiger partial charge in [0, 0.05) is 24.5 Å². The highest BCUT2D eigenvalue weighted by molar-refractivity contribution is 5.91. The average Bonchev–Trinajstić information content (AvgIpc) is 3.06. The van der Waals surface area contributed by atoms with Crippen LogP contribution in [-0.2, 0) is 0 Å². The number of ether oxygens (including phenoxy) is 2. The second-order valence-corrected chi connectivity index (χ2v) is 6.15. The maximum atomic E-state index is 12.6. The zero-order chi connectivity index (χ0) is 16.9. The van der Waals surface area contributed by atoms with Gasteiger partial charge in [0.05, 0.1) is 12.7 Å². The van der Waals surface area contributed by atoms with E-state index in [1.165, 1.54) is 13.2 Å². The van der Waals surface area contributed by atoms with Crippen LogP contribution in [0.15, 0.2) is 46.1 Å². The molecular formula is C18H16N2O4. The molecule has 3 aromatic rings. The molecule has 1 aliphatic rings. The molecule has 0 amide bonds. The molecule has 24 heavy (non-hydrogen) atoms. The lowest BCUT2D eigenvalue weighted by atomic mass is 10.00. The monoisotopic (exact) mass is 324 g/mol. The minimum Gasteiger partial charge on any atom is -0.495 e. The summed E-state index contributed by atoms with van der Waals surface area (Å²) in [6.07, 6.45) is 8.75. The van der Waals surface area contributed by atoms with E-state index in [-0.39, 0.29) is 5.43 Å². The van der Waals surface area contributed by atoms with Gasteiger partial charge in [0.25, 0.3) is 0 Å². The van der Waals surface area contributed by atoms with Crippen molar-refractivity contribution in [1.82, 2.24) is 9.55 Å². The van der Waals surface area contributed by atoms with Gasteiger partial charge in [-0.15, -0.1) is 0 Å². The highest BCUT2D eigenvalue weighted by Gasteiger charge is 2.27. The summed E-state index contributed by atoms with van der Waals surface area (Å²) in [7, 11) is 1.53. The lowest BCUT2D eigenvalue weighted by Crippen LogP contribution is -2.27. The quantitative estimate of drug-likeness (QED) is 0.724. The Morgan fingerprint density at radius 1 is 1.29 bits per heavy atom. The molecule has 6 nitrogen and oxygen atoms in total. The summed E-state index contributed by atoms with van der Waals surface area (Å²) in [6.45, 7) is 3.92. The van der Waals surface area contributed by atoms with E-state index in [1.807, 2.05) is 26.0 Å². The Morgan fingerprint density at radius 2 is 2.12 bits per heavy atom. The van der Waals surface area contributed by atoms with Crippen molar-refractivity contribution in [3.63, 3.8) is 0 Å². The summed E-state index contributed by atoms with van der Waals surface area (Å²) in [5, 5.41) is 0.396. The van der Waals surface area contributed by atoms with Crippen molar-refractivity contribution in [2.45, 2.75) is 19.4 Å². The van der Waals surface area contributed by atoms with E-state index in [2.05, 4.69) is 4.98 Å². The van der Waals surface area contributed by atoms with Crippen LogP contribution in [0.3, 0.4) is 0 Å². The SMILES string of the molecule is COc1c2c(cc3oc(-n4ccnc4)cc(=O)c13)OC(C)(C)C=C2. The number of nitrogens with zero attached hydrogens (tertiary/aromatic N) is 2. The fourth-order valence-corrected chi connectivity index (χ4v) is 2.84. The van der Waals surface area contributed by atoms with Gasteiger partial charge in [0.1, 0.15) is 34.4 Å². The second kappa shape index (κ2) is 4.99. The van der Waals surface area contributed by atoms with E-state index < -0.39 is 5.60 Å².